The van der Waals surface area contributed by atoms with Gasteiger partial charge in [-0.3, -0.25) is 0 Å². The summed E-state index contributed by atoms with van der Waals surface area (Å²) >= 11 is 1.37. The molecule has 0 bridgehead atoms. The number of sulfone groups is 2. The summed E-state index contributed by atoms with van der Waals surface area (Å²) in [5.74, 6) is -0.957. The summed E-state index contributed by atoms with van der Waals surface area (Å²) in [6.07, 6.45) is 1.03. The van der Waals surface area contributed by atoms with Gasteiger partial charge in [0.2, 0.25) is 0 Å². The van der Waals surface area contributed by atoms with Gasteiger partial charge < -0.3 is 0 Å². The second-order valence-corrected chi connectivity index (χ2v) is 10.0. The van der Waals surface area contributed by atoms with Crippen LogP contribution in [-0.2, 0) is 25.4 Å². The van der Waals surface area contributed by atoms with Crippen LogP contribution in [0.25, 0.3) is 10.6 Å². The molecule has 0 spiro atoms. The van der Waals surface area contributed by atoms with Crippen LogP contribution in [0.5, 0.6) is 0 Å². The summed E-state index contributed by atoms with van der Waals surface area (Å²) in [5, 5.41) is 2.45. The largest absolute Gasteiger partial charge is 0.240 e. The van der Waals surface area contributed by atoms with E-state index in [1.54, 1.807) is 5.38 Å². The van der Waals surface area contributed by atoms with Gasteiger partial charge in [0, 0.05) is 17.2 Å². The maximum absolute atomic E-state index is 11.9. The first-order valence-corrected chi connectivity index (χ1v) is 10.9. The number of nitrogens with zero attached hydrogens (tertiary/aromatic N) is 1. The maximum Gasteiger partial charge on any atom is 0.157 e. The van der Waals surface area contributed by atoms with E-state index in [1.165, 1.54) is 11.3 Å². The molecule has 21 heavy (non-hydrogen) atoms. The predicted octanol–water partition coefficient (Wildman–Crippen LogP) is 1.77. The smallest absolute Gasteiger partial charge is 0.157 e. The SMILES string of the molecule is CS(=O)(=O)CCS(=O)(=O)Cc1csc(-c2ccccc2)n1. The summed E-state index contributed by atoms with van der Waals surface area (Å²) in [6, 6.07) is 9.48. The van der Waals surface area contributed by atoms with Crippen LogP contribution in [0.3, 0.4) is 0 Å². The lowest BCUT2D eigenvalue weighted by molar-refractivity contribution is 0.589. The van der Waals surface area contributed by atoms with Gasteiger partial charge in [0.1, 0.15) is 14.8 Å². The van der Waals surface area contributed by atoms with E-state index >= 15 is 0 Å². The molecule has 0 atom stereocenters. The van der Waals surface area contributed by atoms with E-state index in [2.05, 4.69) is 4.98 Å². The van der Waals surface area contributed by atoms with Gasteiger partial charge in [0.05, 0.1) is 23.0 Å². The molecule has 8 heteroatoms. The zero-order chi connectivity index (χ0) is 15.5. The monoisotopic (exact) mass is 345 g/mol. The Morgan fingerprint density at radius 2 is 1.71 bits per heavy atom. The minimum absolute atomic E-state index is 0.230. The predicted molar refractivity (Wildman–Crippen MR) is 84.8 cm³/mol. The van der Waals surface area contributed by atoms with Crippen LogP contribution in [0.1, 0.15) is 5.69 Å². The van der Waals surface area contributed by atoms with Gasteiger partial charge in [-0.25, -0.2) is 21.8 Å². The van der Waals surface area contributed by atoms with Gasteiger partial charge in [-0.2, -0.15) is 0 Å². The Labute approximate surface area is 128 Å². The Hall–Kier alpha value is -1.25. The molecule has 5 nitrogen and oxygen atoms in total. The molecule has 2 rings (SSSR count). The number of benzene rings is 1. The molecule has 0 unspecified atom stereocenters. The molecular weight excluding hydrogens is 330 g/mol. The van der Waals surface area contributed by atoms with Gasteiger partial charge in [0.15, 0.2) is 9.84 Å². The topological polar surface area (TPSA) is 81.2 Å². The van der Waals surface area contributed by atoms with Crippen molar-refractivity contribution in [2.75, 3.05) is 17.8 Å². The molecule has 0 saturated heterocycles. The molecule has 114 valence electrons. The van der Waals surface area contributed by atoms with E-state index < -0.39 is 19.7 Å². The Morgan fingerprint density at radius 3 is 2.33 bits per heavy atom. The highest BCUT2D eigenvalue weighted by Crippen LogP contribution is 2.24. The fourth-order valence-electron chi connectivity index (χ4n) is 1.66. The van der Waals surface area contributed by atoms with Crippen LogP contribution in [0.4, 0.5) is 0 Å². The summed E-state index contributed by atoms with van der Waals surface area (Å²) in [5.41, 5.74) is 1.38. The van der Waals surface area contributed by atoms with Crippen LogP contribution in [0.2, 0.25) is 0 Å². The number of hydrogen-bond acceptors (Lipinski definition) is 6. The number of hydrogen-bond donors (Lipinski definition) is 0. The van der Waals surface area contributed by atoms with Crippen molar-refractivity contribution in [3.63, 3.8) is 0 Å². The molecule has 1 aromatic heterocycles. The molecule has 0 aliphatic rings. The summed E-state index contributed by atoms with van der Waals surface area (Å²) in [7, 11) is -6.76. The highest BCUT2D eigenvalue weighted by molar-refractivity contribution is 7.94. The normalized spacial score (nSPS) is 12.4. The lowest BCUT2D eigenvalue weighted by atomic mass is 10.2. The molecule has 0 amide bonds. The van der Waals surface area contributed by atoms with E-state index in [0.717, 1.165) is 16.8 Å². The molecule has 0 radical (unpaired) electrons. The van der Waals surface area contributed by atoms with E-state index in [9.17, 15) is 16.8 Å². The van der Waals surface area contributed by atoms with Crippen molar-refractivity contribution >= 4 is 31.0 Å². The first-order chi connectivity index (χ1) is 9.75. The van der Waals surface area contributed by atoms with Gasteiger partial charge in [-0.1, -0.05) is 30.3 Å². The lowest BCUT2D eigenvalue weighted by Crippen LogP contribution is -2.17. The van der Waals surface area contributed by atoms with Crippen molar-refractivity contribution in [1.29, 1.82) is 0 Å². The second kappa shape index (κ2) is 6.25. The van der Waals surface area contributed by atoms with Gasteiger partial charge in [0.25, 0.3) is 0 Å². The molecule has 0 N–H and O–H groups in total. The maximum atomic E-state index is 11.9. The van der Waals surface area contributed by atoms with Crippen molar-refractivity contribution in [3.8, 4) is 10.6 Å². The van der Waals surface area contributed by atoms with Crippen molar-refractivity contribution in [2.45, 2.75) is 5.75 Å². The molecule has 0 aliphatic carbocycles. The lowest BCUT2D eigenvalue weighted by Gasteiger charge is -2.01. The van der Waals surface area contributed by atoms with Crippen LogP contribution in [-0.4, -0.2) is 39.6 Å². The number of aromatic nitrogens is 1. The van der Waals surface area contributed by atoms with Gasteiger partial charge in [-0.15, -0.1) is 11.3 Å². The third kappa shape index (κ3) is 5.22. The minimum atomic E-state index is -3.47. The average Bonchev–Trinajstić information content (AvgIpc) is 2.85. The highest BCUT2D eigenvalue weighted by Gasteiger charge is 2.17. The molecule has 0 fully saturated rings. The van der Waals surface area contributed by atoms with Crippen LogP contribution in [0.15, 0.2) is 35.7 Å². The quantitative estimate of drug-likeness (QED) is 0.797. The van der Waals surface area contributed by atoms with Crippen molar-refractivity contribution in [3.05, 3.63) is 41.4 Å². The minimum Gasteiger partial charge on any atom is -0.240 e. The number of thiazole rings is 1. The van der Waals surface area contributed by atoms with Crippen LogP contribution < -0.4 is 0 Å². The van der Waals surface area contributed by atoms with Gasteiger partial charge in [-0.05, 0) is 0 Å². The Kier molecular flexibility index (Phi) is 4.80. The molecule has 1 aromatic carbocycles. The fourth-order valence-corrected chi connectivity index (χ4v) is 5.56. The van der Waals surface area contributed by atoms with Crippen LogP contribution in [0, 0.1) is 0 Å². The van der Waals surface area contributed by atoms with Crippen molar-refractivity contribution < 1.29 is 16.8 Å². The second-order valence-electron chi connectivity index (χ2n) is 4.73. The summed E-state index contributed by atoms with van der Waals surface area (Å²) in [4.78, 5) is 4.30. The average molecular weight is 345 g/mol. The molecule has 0 aliphatic heterocycles. The van der Waals surface area contributed by atoms with E-state index in [1.807, 2.05) is 30.3 Å². The highest BCUT2D eigenvalue weighted by atomic mass is 32.2. The number of rotatable bonds is 6. The fraction of sp³-hybridized carbons (Fsp3) is 0.308. The van der Waals surface area contributed by atoms with Crippen molar-refractivity contribution in [1.82, 2.24) is 4.98 Å². The molecule has 1 heterocycles. The molecular formula is C13H15NO4S3. The Bertz CT molecular complexity index is 808. The Balaban J connectivity index is 2.09. The van der Waals surface area contributed by atoms with Crippen LogP contribution >= 0.6 is 11.3 Å². The van der Waals surface area contributed by atoms with E-state index in [0.29, 0.717) is 5.69 Å². The Morgan fingerprint density at radius 1 is 1.05 bits per heavy atom. The summed E-state index contributed by atoms with van der Waals surface area (Å²) < 4.78 is 45.9. The third-order valence-electron chi connectivity index (χ3n) is 2.71. The summed E-state index contributed by atoms with van der Waals surface area (Å²) in [6.45, 7) is 0. The van der Waals surface area contributed by atoms with Crippen molar-refractivity contribution in [2.24, 2.45) is 0 Å². The first kappa shape index (κ1) is 16.1. The first-order valence-electron chi connectivity index (χ1n) is 6.13. The van der Waals surface area contributed by atoms with Gasteiger partial charge >= 0.3 is 0 Å². The van der Waals surface area contributed by atoms with E-state index in [-0.39, 0.29) is 17.3 Å². The zero-order valence-electron chi connectivity index (χ0n) is 11.4. The zero-order valence-corrected chi connectivity index (χ0v) is 13.8. The third-order valence-corrected chi connectivity index (χ3v) is 6.41. The standard InChI is InChI=1S/C13H15NO4S3/c1-20(15,16)7-8-21(17,18)10-12-9-19-13(14-12)11-5-3-2-4-6-11/h2-6,9H,7-8,10H2,1H3. The molecule has 0 saturated carbocycles. The molecule has 2 aromatic rings. The van der Waals surface area contributed by atoms with E-state index in [4.69, 9.17) is 0 Å².